The van der Waals surface area contributed by atoms with E-state index in [1.54, 1.807) is 17.7 Å². The van der Waals surface area contributed by atoms with Crippen LogP contribution < -0.4 is 15.6 Å². The summed E-state index contributed by atoms with van der Waals surface area (Å²) in [4.78, 5) is 32.9. The highest BCUT2D eigenvalue weighted by atomic mass is 32.2. The van der Waals surface area contributed by atoms with Crippen LogP contribution in [0.4, 0.5) is 5.69 Å². The second-order valence-electron chi connectivity index (χ2n) is 10.8. The van der Waals surface area contributed by atoms with Gasteiger partial charge in [0.1, 0.15) is 5.75 Å². The minimum Gasteiger partial charge on any atom is -0.497 e. The second kappa shape index (κ2) is 11.0. The standard InChI is InChI=1S/C33H33N3O3S/c1-22-11-4-7-16-27(22)36-31(38)29-30(26-15-6-5-12-23(26)20-33(29)17-8-3-9-18-33)35-32(36)40-21-28(37)34-24-13-10-14-25(19-24)39-2/h4-7,10-16,19H,3,8-9,17-18,20-21H2,1-2H3,(H,34,37). The first-order valence-electron chi connectivity index (χ1n) is 13.9. The van der Waals surface area contributed by atoms with Crippen molar-refractivity contribution in [2.75, 3.05) is 18.2 Å². The highest BCUT2D eigenvalue weighted by Crippen LogP contribution is 2.49. The van der Waals surface area contributed by atoms with E-state index in [1.165, 1.54) is 23.7 Å². The van der Waals surface area contributed by atoms with Crippen LogP contribution in [0.3, 0.4) is 0 Å². The predicted octanol–water partition coefficient (Wildman–Crippen LogP) is 6.71. The normalized spacial score (nSPS) is 15.2. The van der Waals surface area contributed by atoms with E-state index >= 15 is 0 Å². The van der Waals surface area contributed by atoms with Crippen LogP contribution in [-0.4, -0.2) is 28.3 Å². The summed E-state index contributed by atoms with van der Waals surface area (Å²) in [6.07, 6.45) is 6.30. The Balaban J connectivity index is 1.46. The van der Waals surface area contributed by atoms with Gasteiger partial charge in [-0.3, -0.25) is 14.2 Å². The van der Waals surface area contributed by atoms with Gasteiger partial charge in [-0.05, 0) is 55.5 Å². The number of methoxy groups -OCH3 is 1. The van der Waals surface area contributed by atoms with Crippen LogP contribution in [0.5, 0.6) is 5.75 Å². The van der Waals surface area contributed by atoms with Gasteiger partial charge in [-0.15, -0.1) is 0 Å². The number of fused-ring (bicyclic) bond motifs is 4. The Hall–Kier alpha value is -3.84. The fourth-order valence-corrected chi connectivity index (χ4v) is 7.14. The number of ether oxygens (including phenoxy) is 1. The molecule has 6 rings (SSSR count). The summed E-state index contributed by atoms with van der Waals surface area (Å²) in [5, 5.41) is 3.47. The monoisotopic (exact) mass is 551 g/mol. The molecule has 1 spiro atoms. The molecule has 40 heavy (non-hydrogen) atoms. The predicted molar refractivity (Wildman–Crippen MR) is 161 cm³/mol. The molecule has 0 bridgehead atoms. The van der Waals surface area contributed by atoms with Gasteiger partial charge in [-0.1, -0.05) is 79.6 Å². The molecule has 4 aromatic rings. The number of aryl methyl sites for hydroxylation is 1. The van der Waals surface area contributed by atoms with E-state index in [1.807, 2.05) is 55.5 Å². The maximum absolute atomic E-state index is 14.7. The Kier molecular flexibility index (Phi) is 7.24. The molecular weight excluding hydrogens is 518 g/mol. The lowest BCUT2D eigenvalue weighted by Gasteiger charge is -2.42. The third kappa shape index (κ3) is 4.83. The van der Waals surface area contributed by atoms with Gasteiger partial charge in [-0.2, -0.15) is 0 Å². The molecule has 0 aliphatic heterocycles. The van der Waals surface area contributed by atoms with E-state index in [-0.39, 0.29) is 22.6 Å². The van der Waals surface area contributed by atoms with E-state index in [2.05, 4.69) is 23.5 Å². The van der Waals surface area contributed by atoms with E-state index < -0.39 is 0 Å². The van der Waals surface area contributed by atoms with Crippen LogP contribution >= 0.6 is 11.8 Å². The number of thioether (sulfide) groups is 1. The second-order valence-corrected chi connectivity index (χ2v) is 11.7. The number of nitrogens with one attached hydrogen (secondary N) is 1. The van der Waals surface area contributed by atoms with E-state index in [9.17, 15) is 9.59 Å². The molecule has 0 radical (unpaired) electrons. The topological polar surface area (TPSA) is 73.2 Å². The van der Waals surface area contributed by atoms with Gasteiger partial charge in [0.25, 0.3) is 5.56 Å². The quantitative estimate of drug-likeness (QED) is 0.213. The van der Waals surface area contributed by atoms with Crippen molar-refractivity contribution in [1.82, 2.24) is 9.55 Å². The first-order valence-corrected chi connectivity index (χ1v) is 14.9. The highest BCUT2D eigenvalue weighted by Gasteiger charge is 2.43. The van der Waals surface area contributed by atoms with E-state index in [0.717, 1.165) is 60.2 Å². The Labute approximate surface area is 238 Å². The molecule has 2 aliphatic carbocycles. The van der Waals surface area contributed by atoms with Crippen LogP contribution in [0.2, 0.25) is 0 Å². The minimum atomic E-state index is -0.205. The molecule has 6 nitrogen and oxygen atoms in total. The molecule has 3 aromatic carbocycles. The maximum Gasteiger partial charge on any atom is 0.263 e. The van der Waals surface area contributed by atoms with Gasteiger partial charge in [0.15, 0.2) is 5.16 Å². The Morgan fingerprint density at radius 3 is 2.60 bits per heavy atom. The lowest BCUT2D eigenvalue weighted by molar-refractivity contribution is -0.113. The largest absolute Gasteiger partial charge is 0.497 e. The van der Waals surface area contributed by atoms with Gasteiger partial charge >= 0.3 is 0 Å². The molecule has 1 aromatic heterocycles. The lowest BCUT2D eigenvalue weighted by atomic mass is 9.62. The van der Waals surface area contributed by atoms with Crippen LogP contribution in [-0.2, 0) is 16.6 Å². The van der Waals surface area contributed by atoms with Gasteiger partial charge in [-0.25, -0.2) is 4.98 Å². The molecule has 1 N–H and O–H groups in total. The number of anilines is 1. The summed E-state index contributed by atoms with van der Waals surface area (Å²) in [5.41, 5.74) is 6.16. The van der Waals surface area contributed by atoms with Gasteiger partial charge in [0.2, 0.25) is 5.91 Å². The van der Waals surface area contributed by atoms with E-state index in [0.29, 0.717) is 16.6 Å². The molecule has 1 heterocycles. The molecule has 1 fully saturated rings. The van der Waals surface area contributed by atoms with Crippen molar-refractivity contribution in [2.45, 2.75) is 56.0 Å². The summed E-state index contributed by atoms with van der Waals surface area (Å²) < 4.78 is 7.03. The number of carbonyl (C=O) groups excluding carboxylic acids is 1. The number of aromatic nitrogens is 2. The molecule has 0 atom stereocenters. The number of rotatable bonds is 6. The van der Waals surface area contributed by atoms with Crippen LogP contribution in [0.25, 0.3) is 16.9 Å². The number of nitrogens with zero attached hydrogens (tertiary/aromatic N) is 2. The van der Waals surface area contributed by atoms with Crippen molar-refractivity contribution >= 4 is 23.4 Å². The summed E-state index contributed by atoms with van der Waals surface area (Å²) in [6.45, 7) is 2.01. The summed E-state index contributed by atoms with van der Waals surface area (Å²) in [7, 11) is 1.60. The lowest BCUT2D eigenvalue weighted by Crippen LogP contribution is -2.43. The van der Waals surface area contributed by atoms with Crippen LogP contribution in [0, 0.1) is 6.92 Å². The Morgan fingerprint density at radius 1 is 1.02 bits per heavy atom. The fraction of sp³-hybridized carbons (Fsp3) is 0.303. The zero-order valence-electron chi connectivity index (χ0n) is 22.9. The van der Waals surface area contributed by atoms with Gasteiger partial charge in [0.05, 0.1) is 29.8 Å². The van der Waals surface area contributed by atoms with Crippen molar-refractivity contribution in [3.8, 4) is 22.7 Å². The summed E-state index contributed by atoms with van der Waals surface area (Å²) >= 11 is 1.29. The third-order valence-electron chi connectivity index (χ3n) is 8.24. The first-order chi connectivity index (χ1) is 19.5. The van der Waals surface area contributed by atoms with Crippen molar-refractivity contribution in [3.05, 3.63) is 99.8 Å². The SMILES string of the molecule is COc1cccc(NC(=O)CSc2nc3c(c(=O)n2-c2ccccc2C)C2(CCCCC2)Cc2ccccc2-3)c1. The van der Waals surface area contributed by atoms with Crippen molar-refractivity contribution in [1.29, 1.82) is 0 Å². The molecule has 204 valence electrons. The summed E-state index contributed by atoms with van der Waals surface area (Å²) in [6, 6.07) is 23.5. The zero-order chi connectivity index (χ0) is 27.7. The van der Waals surface area contributed by atoms with Gasteiger partial charge in [0, 0.05) is 22.7 Å². The molecule has 1 amide bonds. The molecule has 1 saturated carbocycles. The molecule has 7 heteroatoms. The number of amides is 1. The smallest absolute Gasteiger partial charge is 0.263 e. The Morgan fingerprint density at radius 2 is 1.80 bits per heavy atom. The highest BCUT2D eigenvalue weighted by molar-refractivity contribution is 7.99. The van der Waals surface area contributed by atoms with Crippen molar-refractivity contribution in [3.63, 3.8) is 0 Å². The number of carbonyl (C=O) groups is 1. The number of hydrogen-bond acceptors (Lipinski definition) is 5. The molecule has 0 saturated heterocycles. The minimum absolute atomic E-state index is 0.00796. The third-order valence-corrected chi connectivity index (χ3v) is 9.18. The summed E-state index contributed by atoms with van der Waals surface area (Å²) in [5.74, 6) is 0.609. The number of para-hydroxylation sites is 1. The first kappa shape index (κ1) is 26.4. The average Bonchev–Trinajstić information content (AvgIpc) is 2.97. The molecular formula is C33H33N3O3S. The molecule has 0 unspecified atom stereocenters. The number of benzene rings is 3. The zero-order valence-corrected chi connectivity index (χ0v) is 23.7. The van der Waals surface area contributed by atoms with Crippen molar-refractivity contribution in [2.24, 2.45) is 0 Å². The Bertz CT molecular complexity index is 1640. The molecule has 2 aliphatic rings. The maximum atomic E-state index is 14.7. The van der Waals surface area contributed by atoms with Crippen LogP contribution in [0.1, 0.15) is 48.8 Å². The van der Waals surface area contributed by atoms with E-state index in [4.69, 9.17) is 9.72 Å². The van der Waals surface area contributed by atoms with Crippen molar-refractivity contribution < 1.29 is 9.53 Å². The van der Waals surface area contributed by atoms with Gasteiger partial charge < -0.3 is 10.1 Å². The fourth-order valence-electron chi connectivity index (χ4n) is 6.34. The van der Waals surface area contributed by atoms with Crippen LogP contribution in [0.15, 0.2) is 82.7 Å². The average molecular weight is 552 g/mol. The number of hydrogen-bond donors (Lipinski definition) is 1.